The Morgan fingerprint density at radius 1 is 1.21 bits per heavy atom. The highest BCUT2D eigenvalue weighted by atomic mass is 16.4. The summed E-state index contributed by atoms with van der Waals surface area (Å²) >= 11 is 0. The fourth-order valence-electron chi connectivity index (χ4n) is 3.96. The van der Waals surface area contributed by atoms with E-state index in [4.69, 9.17) is 5.11 Å². The first kappa shape index (κ1) is 14.9. The highest BCUT2D eigenvalue weighted by molar-refractivity contribution is 6.06. The van der Waals surface area contributed by atoms with Crippen molar-refractivity contribution >= 4 is 22.8 Å². The van der Waals surface area contributed by atoms with Crippen molar-refractivity contribution in [1.29, 1.82) is 0 Å². The Morgan fingerprint density at radius 3 is 2.58 bits per heavy atom. The molecule has 1 amide bonds. The van der Waals surface area contributed by atoms with Crippen molar-refractivity contribution in [2.45, 2.75) is 19.3 Å². The Morgan fingerprint density at radius 2 is 1.92 bits per heavy atom. The van der Waals surface area contributed by atoms with Crippen LogP contribution < -0.4 is 5.56 Å². The van der Waals surface area contributed by atoms with Crippen LogP contribution in [0.4, 0.5) is 0 Å². The van der Waals surface area contributed by atoms with Crippen molar-refractivity contribution in [2.24, 2.45) is 11.3 Å². The minimum Gasteiger partial charge on any atom is -0.481 e. The van der Waals surface area contributed by atoms with Gasteiger partial charge in [-0.25, -0.2) is 0 Å². The number of aromatic nitrogens is 1. The molecule has 6 nitrogen and oxygen atoms in total. The van der Waals surface area contributed by atoms with Crippen molar-refractivity contribution < 1.29 is 14.7 Å². The van der Waals surface area contributed by atoms with Crippen molar-refractivity contribution in [2.75, 3.05) is 13.1 Å². The van der Waals surface area contributed by atoms with E-state index in [1.54, 1.807) is 11.0 Å². The van der Waals surface area contributed by atoms with Gasteiger partial charge in [0.05, 0.1) is 11.5 Å². The lowest BCUT2D eigenvalue weighted by Crippen LogP contribution is -2.40. The number of carboxylic acid groups (broad SMARTS) is 1. The van der Waals surface area contributed by atoms with Crippen LogP contribution in [-0.2, 0) is 4.79 Å². The summed E-state index contributed by atoms with van der Waals surface area (Å²) in [6.07, 6.45) is 2.16. The zero-order chi connectivity index (χ0) is 16.9. The van der Waals surface area contributed by atoms with Crippen LogP contribution in [0.25, 0.3) is 10.9 Å². The van der Waals surface area contributed by atoms with Crippen LogP contribution in [0.3, 0.4) is 0 Å². The summed E-state index contributed by atoms with van der Waals surface area (Å²) < 4.78 is 0. The summed E-state index contributed by atoms with van der Waals surface area (Å²) in [6, 6.07) is 8.61. The van der Waals surface area contributed by atoms with Crippen LogP contribution in [0.1, 0.15) is 29.6 Å². The van der Waals surface area contributed by atoms with Crippen molar-refractivity contribution in [3.63, 3.8) is 0 Å². The smallest absolute Gasteiger partial charge is 0.307 e. The number of likely N-dealkylation sites (tertiary alicyclic amines) is 1. The monoisotopic (exact) mass is 326 g/mol. The topological polar surface area (TPSA) is 90.5 Å². The first-order chi connectivity index (χ1) is 11.5. The average molecular weight is 326 g/mol. The number of nitrogens with one attached hydrogen (secondary N) is 1. The number of fused-ring (bicyclic) bond motifs is 1. The molecule has 0 radical (unpaired) electrons. The van der Waals surface area contributed by atoms with Crippen molar-refractivity contribution in [3.05, 3.63) is 46.2 Å². The number of carbonyl (C=O) groups excluding carboxylic acids is 1. The molecule has 1 aliphatic heterocycles. The third-order valence-corrected chi connectivity index (χ3v) is 5.52. The van der Waals surface area contributed by atoms with Crippen LogP contribution in [0.5, 0.6) is 0 Å². The SMILES string of the molecule is O=C(O)C1CC12CCN(C(=O)c1cc(=O)[nH]c3ccccc13)CC2. The van der Waals surface area contributed by atoms with Crippen molar-refractivity contribution in [1.82, 2.24) is 9.88 Å². The molecule has 1 aromatic heterocycles. The van der Waals surface area contributed by atoms with Crippen LogP contribution in [0.2, 0.25) is 0 Å². The fraction of sp³-hybridized carbons (Fsp3) is 0.389. The molecule has 2 N–H and O–H groups in total. The molecular weight excluding hydrogens is 308 g/mol. The van der Waals surface area contributed by atoms with Crippen LogP contribution in [0.15, 0.2) is 35.1 Å². The molecule has 4 rings (SSSR count). The van der Waals surface area contributed by atoms with E-state index < -0.39 is 5.97 Å². The second-order valence-corrected chi connectivity index (χ2v) is 6.84. The third-order valence-electron chi connectivity index (χ3n) is 5.52. The fourth-order valence-corrected chi connectivity index (χ4v) is 3.96. The van der Waals surface area contributed by atoms with Gasteiger partial charge in [-0.15, -0.1) is 0 Å². The van der Waals surface area contributed by atoms with Crippen LogP contribution in [0, 0.1) is 11.3 Å². The molecule has 24 heavy (non-hydrogen) atoms. The van der Waals surface area contributed by atoms with Gasteiger partial charge in [0.25, 0.3) is 5.91 Å². The lowest BCUT2D eigenvalue weighted by atomic mass is 9.90. The molecule has 1 aromatic carbocycles. The highest BCUT2D eigenvalue weighted by Gasteiger charge is 2.59. The molecule has 1 unspecified atom stereocenters. The summed E-state index contributed by atoms with van der Waals surface area (Å²) in [4.78, 5) is 40.3. The van der Waals surface area contributed by atoms with Gasteiger partial charge in [-0.2, -0.15) is 0 Å². The number of benzene rings is 1. The normalized spacial score (nSPS) is 21.8. The maximum Gasteiger partial charge on any atom is 0.307 e. The lowest BCUT2D eigenvalue weighted by molar-refractivity contribution is -0.139. The molecule has 0 bridgehead atoms. The minimum atomic E-state index is -0.727. The number of H-pyrrole nitrogens is 1. The molecule has 6 heteroatoms. The Balaban J connectivity index is 1.58. The number of para-hydroxylation sites is 1. The summed E-state index contributed by atoms with van der Waals surface area (Å²) in [5.74, 6) is -1.13. The number of pyridine rings is 1. The van der Waals surface area contributed by atoms with E-state index in [1.165, 1.54) is 6.07 Å². The number of nitrogens with zero attached hydrogens (tertiary/aromatic N) is 1. The Bertz CT molecular complexity index is 893. The number of carbonyl (C=O) groups is 2. The quantitative estimate of drug-likeness (QED) is 0.881. The number of rotatable bonds is 2. The number of piperidine rings is 1. The van der Waals surface area contributed by atoms with E-state index in [9.17, 15) is 14.4 Å². The Kier molecular flexibility index (Phi) is 3.23. The molecule has 2 fully saturated rings. The number of hydrogen-bond donors (Lipinski definition) is 2. The molecule has 2 aliphatic rings. The number of aliphatic carboxylic acids is 1. The lowest BCUT2D eigenvalue weighted by Gasteiger charge is -2.32. The minimum absolute atomic E-state index is 0.112. The zero-order valence-corrected chi connectivity index (χ0v) is 13.1. The molecule has 2 aromatic rings. The zero-order valence-electron chi connectivity index (χ0n) is 13.1. The predicted molar refractivity (Wildman–Crippen MR) is 87.9 cm³/mol. The van der Waals surface area contributed by atoms with E-state index >= 15 is 0 Å². The van der Waals surface area contributed by atoms with E-state index in [2.05, 4.69) is 4.98 Å². The molecule has 2 heterocycles. The maximum atomic E-state index is 12.9. The molecule has 1 atom stereocenters. The highest BCUT2D eigenvalue weighted by Crippen LogP contribution is 2.59. The maximum absolute atomic E-state index is 12.9. The Labute approximate surface area is 138 Å². The predicted octanol–water partition coefficient (Wildman–Crippen LogP) is 1.85. The first-order valence-corrected chi connectivity index (χ1v) is 8.14. The summed E-state index contributed by atoms with van der Waals surface area (Å²) in [5.41, 5.74) is 0.656. The Hall–Kier alpha value is -2.63. The molecule has 124 valence electrons. The van der Waals surface area contributed by atoms with Gasteiger partial charge in [-0.3, -0.25) is 14.4 Å². The average Bonchev–Trinajstić information content (AvgIpc) is 3.28. The first-order valence-electron chi connectivity index (χ1n) is 8.14. The molecule has 1 saturated carbocycles. The number of aromatic amines is 1. The second kappa shape index (κ2) is 5.19. The van der Waals surface area contributed by atoms with Gasteiger partial charge in [-0.05, 0) is 30.7 Å². The summed E-state index contributed by atoms with van der Waals surface area (Å²) in [5, 5.41) is 9.89. The summed E-state index contributed by atoms with van der Waals surface area (Å²) in [6.45, 7) is 1.09. The van der Waals surface area contributed by atoms with Gasteiger partial charge in [0.1, 0.15) is 0 Å². The van der Waals surface area contributed by atoms with E-state index in [-0.39, 0.29) is 22.8 Å². The van der Waals surface area contributed by atoms with Gasteiger partial charge in [-0.1, -0.05) is 18.2 Å². The van der Waals surface area contributed by atoms with Gasteiger partial charge >= 0.3 is 5.97 Å². The third kappa shape index (κ3) is 2.29. The van der Waals surface area contributed by atoms with Gasteiger partial charge in [0.2, 0.25) is 5.56 Å². The molecular formula is C18H18N2O4. The number of amides is 1. The van der Waals surface area contributed by atoms with E-state index in [0.29, 0.717) is 24.2 Å². The molecule has 1 spiro atoms. The largest absolute Gasteiger partial charge is 0.481 e. The molecule has 1 aliphatic carbocycles. The number of hydrogen-bond acceptors (Lipinski definition) is 3. The van der Waals surface area contributed by atoms with Gasteiger partial charge in [0, 0.05) is 30.1 Å². The summed E-state index contributed by atoms with van der Waals surface area (Å²) in [7, 11) is 0. The van der Waals surface area contributed by atoms with Crippen LogP contribution in [-0.4, -0.2) is 40.0 Å². The van der Waals surface area contributed by atoms with E-state index in [0.717, 1.165) is 24.6 Å². The standard InChI is InChI=1S/C18H18N2O4/c21-15-9-12(11-3-1-2-4-14(11)19-15)16(22)20-7-5-18(6-8-20)10-13(18)17(23)24/h1-4,9,13H,5-8,10H2,(H,19,21)(H,23,24). The van der Waals surface area contributed by atoms with E-state index in [1.807, 2.05) is 18.2 Å². The van der Waals surface area contributed by atoms with Crippen LogP contribution >= 0.6 is 0 Å². The van der Waals surface area contributed by atoms with Gasteiger partial charge < -0.3 is 15.0 Å². The van der Waals surface area contributed by atoms with Crippen molar-refractivity contribution in [3.8, 4) is 0 Å². The van der Waals surface area contributed by atoms with Gasteiger partial charge in [0.15, 0.2) is 0 Å². The molecule has 1 saturated heterocycles. The number of carboxylic acids is 1. The second-order valence-electron chi connectivity index (χ2n) is 6.84.